The minimum atomic E-state index is -0.122. The van der Waals surface area contributed by atoms with Gasteiger partial charge in [0.2, 0.25) is 5.91 Å². The van der Waals surface area contributed by atoms with Crippen LogP contribution in [0.3, 0.4) is 0 Å². The summed E-state index contributed by atoms with van der Waals surface area (Å²) in [7, 11) is 1.64. The van der Waals surface area contributed by atoms with Crippen LogP contribution in [0.5, 0.6) is 0 Å². The van der Waals surface area contributed by atoms with Gasteiger partial charge in [0.1, 0.15) is 0 Å². The van der Waals surface area contributed by atoms with Crippen LogP contribution in [0.15, 0.2) is 41.3 Å². The van der Waals surface area contributed by atoms with Gasteiger partial charge in [0.05, 0.1) is 17.8 Å². The highest BCUT2D eigenvalue weighted by molar-refractivity contribution is 5.80. The first kappa shape index (κ1) is 19.5. The predicted molar refractivity (Wildman–Crippen MR) is 114 cm³/mol. The van der Waals surface area contributed by atoms with Gasteiger partial charge in [-0.1, -0.05) is 17.7 Å². The lowest BCUT2D eigenvalue weighted by Crippen LogP contribution is -2.52. The van der Waals surface area contributed by atoms with Crippen molar-refractivity contribution in [1.29, 1.82) is 0 Å². The van der Waals surface area contributed by atoms with Crippen molar-refractivity contribution < 1.29 is 4.79 Å². The first-order chi connectivity index (χ1) is 14.0. The maximum Gasteiger partial charge on any atom is 0.268 e. The molecule has 1 atom stereocenters. The Labute approximate surface area is 171 Å². The van der Waals surface area contributed by atoms with Crippen LogP contribution < -0.4 is 15.4 Å². The summed E-state index contributed by atoms with van der Waals surface area (Å²) in [5, 5.41) is 4.12. The molecule has 0 spiro atoms. The van der Waals surface area contributed by atoms with Crippen LogP contribution >= 0.6 is 0 Å². The number of piperazine rings is 1. The first-order valence-corrected chi connectivity index (χ1v) is 10.4. The van der Waals surface area contributed by atoms with E-state index in [0.29, 0.717) is 6.54 Å². The van der Waals surface area contributed by atoms with Gasteiger partial charge in [0, 0.05) is 58.1 Å². The lowest BCUT2D eigenvalue weighted by molar-refractivity contribution is -0.136. The van der Waals surface area contributed by atoms with Gasteiger partial charge in [-0.25, -0.2) is 4.68 Å². The molecule has 2 aromatic rings. The summed E-state index contributed by atoms with van der Waals surface area (Å²) in [5.41, 5.74) is 3.18. The Morgan fingerprint density at radius 2 is 1.72 bits per heavy atom. The van der Waals surface area contributed by atoms with Crippen molar-refractivity contribution in [2.45, 2.75) is 19.8 Å². The van der Waals surface area contributed by atoms with E-state index in [1.165, 1.54) is 15.9 Å². The largest absolute Gasteiger partial charge is 0.369 e. The molecule has 1 amide bonds. The van der Waals surface area contributed by atoms with Crippen molar-refractivity contribution in [3.63, 3.8) is 0 Å². The van der Waals surface area contributed by atoms with Gasteiger partial charge in [0.25, 0.3) is 5.56 Å². The van der Waals surface area contributed by atoms with E-state index in [1.54, 1.807) is 19.3 Å². The molecule has 0 N–H and O–H groups in total. The molecular formula is C22H29N5O2. The van der Waals surface area contributed by atoms with E-state index in [4.69, 9.17) is 0 Å². The van der Waals surface area contributed by atoms with E-state index in [0.717, 1.165) is 51.3 Å². The zero-order valence-corrected chi connectivity index (χ0v) is 17.3. The van der Waals surface area contributed by atoms with Crippen LogP contribution in [0.25, 0.3) is 0 Å². The molecule has 2 aliphatic heterocycles. The zero-order chi connectivity index (χ0) is 20.4. The number of amides is 1. The number of carbonyl (C=O) groups is 1. The number of piperidine rings is 1. The Bertz CT molecular complexity index is 916. The second-order valence-electron chi connectivity index (χ2n) is 8.11. The smallest absolute Gasteiger partial charge is 0.268 e. The fourth-order valence-corrected chi connectivity index (χ4v) is 4.24. The molecule has 1 aromatic carbocycles. The molecule has 0 saturated carbocycles. The third kappa shape index (κ3) is 4.28. The van der Waals surface area contributed by atoms with Crippen LogP contribution in [-0.2, 0) is 11.8 Å². The highest BCUT2D eigenvalue weighted by atomic mass is 16.2. The molecule has 2 fully saturated rings. The number of anilines is 2. The summed E-state index contributed by atoms with van der Waals surface area (Å²) in [6, 6.07) is 10.2. The highest BCUT2D eigenvalue weighted by Gasteiger charge is 2.31. The van der Waals surface area contributed by atoms with E-state index in [1.807, 2.05) is 4.90 Å². The average Bonchev–Trinajstić information content (AvgIpc) is 2.76. The van der Waals surface area contributed by atoms with E-state index >= 15 is 0 Å². The third-order valence-electron chi connectivity index (χ3n) is 6.08. The van der Waals surface area contributed by atoms with Crippen molar-refractivity contribution >= 4 is 17.3 Å². The summed E-state index contributed by atoms with van der Waals surface area (Å²) in [4.78, 5) is 31.5. The van der Waals surface area contributed by atoms with Crippen LogP contribution in [0, 0.1) is 12.8 Å². The fraction of sp³-hybridized carbons (Fsp3) is 0.500. The van der Waals surface area contributed by atoms with Gasteiger partial charge < -0.3 is 14.7 Å². The molecule has 0 unspecified atom stereocenters. The Morgan fingerprint density at radius 3 is 2.41 bits per heavy atom. The number of benzene rings is 1. The van der Waals surface area contributed by atoms with E-state index in [2.05, 4.69) is 46.1 Å². The maximum absolute atomic E-state index is 13.1. The zero-order valence-electron chi connectivity index (χ0n) is 17.3. The average molecular weight is 396 g/mol. The minimum Gasteiger partial charge on any atom is -0.369 e. The molecule has 7 heteroatoms. The highest BCUT2D eigenvalue weighted by Crippen LogP contribution is 2.24. The Balaban J connectivity index is 1.36. The standard InChI is InChI=1S/C22H29N5O2/c1-17-5-7-19(8-6-17)25-10-12-26(13-11-25)22(29)18-4-3-9-27(16-18)20-14-21(28)24(2)23-15-20/h5-8,14-15,18H,3-4,9-13,16H2,1-2H3/t18-/m1/s1. The third-order valence-corrected chi connectivity index (χ3v) is 6.08. The molecule has 4 rings (SSSR count). The van der Waals surface area contributed by atoms with Gasteiger partial charge in [0.15, 0.2) is 0 Å². The van der Waals surface area contributed by atoms with Gasteiger partial charge in [-0.3, -0.25) is 9.59 Å². The van der Waals surface area contributed by atoms with E-state index in [-0.39, 0.29) is 17.4 Å². The maximum atomic E-state index is 13.1. The van der Waals surface area contributed by atoms with E-state index in [9.17, 15) is 9.59 Å². The lowest BCUT2D eigenvalue weighted by atomic mass is 9.96. The Kier molecular flexibility index (Phi) is 5.56. The van der Waals surface area contributed by atoms with E-state index < -0.39 is 0 Å². The second-order valence-corrected chi connectivity index (χ2v) is 8.11. The molecule has 0 aliphatic carbocycles. The van der Waals surface area contributed by atoms with Crippen LogP contribution in [0.4, 0.5) is 11.4 Å². The minimum absolute atomic E-state index is 0.0151. The summed E-state index contributed by atoms with van der Waals surface area (Å²) in [5.74, 6) is 0.230. The first-order valence-electron chi connectivity index (χ1n) is 10.4. The summed E-state index contributed by atoms with van der Waals surface area (Å²) < 4.78 is 1.32. The molecule has 29 heavy (non-hydrogen) atoms. The van der Waals surface area contributed by atoms with Gasteiger partial charge in [-0.2, -0.15) is 5.10 Å². The molecular weight excluding hydrogens is 366 g/mol. The summed E-state index contributed by atoms with van der Waals surface area (Å²) in [6.45, 7) is 6.87. The number of rotatable bonds is 3. The topological polar surface area (TPSA) is 61.7 Å². The normalized spacial score (nSPS) is 20.1. The number of aryl methyl sites for hydroxylation is 2. The molecule has 3 heterocycles. The number of nitrogens with zero attached hydrogens (tertiary/aromatic N) is 5. The van der Waals surface area contributed by atoms with Crippen molar-refractivity contribution in [3.8, 4) is 0 Å². The Hall–Kier alpha value is -2.83. The molecule has 7 nitrogen and oxygen atoms in total. The summed E-state index contributed by atoms with van der Waals surface area (Å²) >= 11 is 0. The SMILES string of the molecule is Cc1ccc(N2CCN(C(=O)[C@@H]3CCCN(c4cnn(C)c(=O)c4)C3)CC2)cc1. The quantitative estimate of drug-likeness (QED) is 0.791. The van der Waals surface area contributed by atoms with Crippen LogP contribution in [-0.4, -0.2) is 59.9 Å². The molecule has 154 valence electrons. The number of hydrogen-bond acceptors (Lipinski definition) is 5. The predicted octanol–water partition coefficient (Wildman–Crippen LogP) is 1.65. The van der Waals surface area contributed by atoms with Crippen LogP contribution in [0.1, 0.15) is 18.4 Å². The van der Waals surface area contributed by atoms with Crippen LogP contribution in [0.2, 0.25) is 0 Å². The molecule has 0 radical (unpaired) electrons. The van der Waals surface area contributed by atoms with Crippen molar-refractivity contribution in [1.82, 2.24) is 14.7 Å². The number of aromatic nitrogens is 2. The monoisotopic (exact) mass is 395 g/mol. The molecule has 1 aromatic heterocycles. The van der Waals surface area contributed by atoms with Gasteiger partial charge >= 0.3 is 0 Å². The van der Waals surface area contributed by atoms with Crippen molar-refractivity contribution in [2.24, 2.45) is 13.0 Å². The number of hydrogen-bond donors (Lipinski definition) is 0. The summed E-state index contributed by atoms with van der Waals surface area (Å²) in [6.07, 6.45) is 3.58. The Morgan fingerprint density at radius 1 is 1.00 bits per heavy atom. The lowest BCUT2D eigenvalue weighted by Gasteiger charge is -2.40. The van der Waals surface area contributed by atoms with Gasteiger partial charge in [-0.15, -0.1) is 0 Å². The second kappa shape index (κ2) is 8.27. The van der Waals surface area contributed by atoms with Gasteiger partial charge in [-0.05, 0) is 31.9 Å². The fourth-order valence-electron chi connectivity index (χ4n) is 4.24. The molecule has 0 bridgehead atoms. The van der Waals surface area contributed by atoms with Crippen molar-refractivity contribution in [2.75, 3.05) is 49.1 Å². The molecule has 2 saturated heterocycles. The molecule has 2 aliphatic rings. The number of carbonyl (C=O) groups excluding carboxylic acids is 1. The van der Waals surface area contributed by atoms with Crippen molar-refractivity contribution in [3.05, 3.63) is 52.4 Å².